The molecule has 0 saturated carbocycles. The van der Waals surface area contributed by atoms with Gasteiger partial charge >= 0.3 is 0 Å². The van der Waals surface area contributed by atoms with E-state index >= 15 is 0 Å². The van der Waals surface area contributed by atoms with E-state index < -0.39 is 16.1 Å². The standard InChI is InChI=1S/C16H23ClN2O4S/c1-23-12-4-10-18-16(20)15-5-2-3-11-19(15)24(21,22)14-8-6-13(17)7-9-14/h6-9,15H,2-5,10-12H2,1H3,(H,18,20)/t15-/m1/s1. The highest BCUT2D eigenvalue weighted by molar-refractivity contribution is 7.89. The Hall–Kier alpha value is -1.15. The maximum Gasteiger partial charge on any atom is 0.243 e. The number of rotatable bonds is 7. The van der Waals surface area contributed by atoms with Crippen LogP contribution in [0, 0.1) is 0 Å². The second-order valence-corrected chi connectivity index (χ2v) is 8.05. The first-order valence-electron chi connectivity index (χ1n) is 8.01. The summed E-state index contributed by atoms with van der Waals surface area (Å²) in [7, 11) is -2.12. The number of hydrogen-bond acceptors (Lipinski definition) is 4. The predicted octanol–water partition coefficient (Wildman–Crippen LogP) is 2.04. The molecule has 1 fully saturated rings. The third-order valence-electron chi connectivity index (χ3n) is 4.00. The molecule has 1 aromatic carbocycles. The van der Waals surface area contributed by atoms with Gasteiger partial charge in [0.1, 0.15) is 6.04 Å². The van der Waals surface area contributed by atoms with Gasteiger partial charge < -0.3 is 10.1 Å². The maximum absolute atomic E-state index is 12.9. The fourth-order valence-corrected chi connectivity index (χ4v) is 4.53. The predicted molar refractivity (Wildman–Crippen MR) is 92.5 cm³/mol. The Labute approximate surface area is 148 Å². The topological polar surface area (TPSA) is 75.7 Å². The van der Waals surface area contributed by atoms with E-state index in [0.29, 0.717) is 37.6 Å². The first kappa shape index (κ1) is 19.2. The quantitative estimate of drug-likeness (QED) is 0.741. The van der Waals surface area contributed by atoms with Crippen LogP contribution in [-0.4, -0.2) is 51.5 Å². The molecule has 2 rings (SSSR count). The second-order valence-electron chi connectivity index (χ2n) is 5.72. The van der Waals surface area contributed by atoms with Crippen LogP contribution in [-0.2, 0) is 19.6 Å². The highest BCUT2D eigenvalue weighted by Gasteiger charge is 2.37. The number of sulfonamides is 1. The third-order valence-corrected chi connectivity index (χ3v) is 6.18. The number of carbonyl (C=O) groups is 1. The van der Waals surface area contributed by atoms with Crippen molar-refractivity contribution in [3.8, 4) is 0 Å². The summed E-state index contributed by atoms with van der Waals surface area (Å²) < 4.78 is 32.0. The van der Waals surface area contributed by atoms with Gasteiger partial charge in [0.25, 0.3) is 0 Å². The molecular weight excluding hydrogens is 352 g/mol. The summed E-state index contributed by atoms with van der Waals surface area (Å²) >= 11 is 5.83. The van der Waals surface area contributed by atoms with E-state index in [0.717, 1.165) is 12.8 Å². The number of benzene rings is 1. The monoisotopic (exact) mass is 374 g/mol. The van der Waals surface area contributed by atoms with Gasteiger partial charge in [-0.25, -0.2) is 8.42 Å². The zero-order valence-corrected chi connectivity index (χ0v) is 15.3. The van der Waals surface area contributed by atoms with Crippen molar-refractivity contribution < 1.29 is 17.9 Å². The number of hydrogen-bond donors (Lipinski definition) is 1. The Morgan fingerprint density at radius 3 is 2.71 bits per heavy atom. The maximum atomic E-state index is 12.9. The molecule has 8 heteroatoms. The van der Waals surface area contributed by atoms with Crippen LogP contribution in [0.25, 0.3) is 0 Å². The molecule has 1 amide bonds. The lowest BCUT2D eigenvalue weighted by molar-refractivity contribution is -0.125. The first-order chi connectivity index (χ1) is 11.5. The van der Waals surface area contributed by atoms with E-state index in [1.807, 2.05) is 0 Å². The molecule has 1 aliphatic rings. The number of amides is 1. The van der Waals surface area contributed by atoms with Crippen LogP contribution in [0.15, 0.2) is 29.2 Å². The van der Waals surface area contributed by atoms with E-state index in [-0.39, 0.29) is 10.8 Å². The van der Waals surface area contributed by atoms with Crippen molar-refractivity contribution in [3.05, 3.63) is 29.3 Å². The Morgan fingerprint density at radius 2 is 2.04 bits per heavy atom. The minimum absolute atomic E-state index is 0.158. The number of nitrogens with zero attached hydrogens (tertiary/aromatic N) is 1. The Morgan fingerprint density at radius 1 is 1.33 bits per heavy atom. The number of halogens is 1. The van der Waals surface area contributed by atoms with Crippen LogP contribution in [0.4, 0.5) is 0 Å². The van der Waals surface area contributed by atoms with E-state index in [1.54, 1.807) is 7.11 Å². The summed E-state index contributed by atoms with van der Waals surface area (Å²) in [6.07, 6.45) is 2.81. The zero-order chi connectivity index (χ0) is 17.6. The van der Waals surface area contributed by atoms with Crippen LogP contribution >= 0.6 is 11.6 Å². The molecule has 0 aliphatic carbocycles. The Bertz CT molecular complexity index is 649. The van der Waals surface area contributed by atoms with Crippen molar-refractivity contribution >= 4 is 27.5 Å². The van der Waals surface area contributed by atoms with Crippen molar-refractivity contribution in [1.29, 1.82) is 0 Å². The number of methoxy groups -OCH3 is 1. The molecule has 1 atom stereocenters. The van der Waals surface area contributed by atoms with E-state index in [4.69, 9.17) is 16.3 Å². The molecule has 1 saturated heterocycles. The number of piperidine rings is 1. The molecule has 1 aliphatic heterocycles. The van der Waals surface area contributed by atoms with Gasteiger partial charge in [-0.1, -0.05) is 18.0 Å². The van der Waals surface area contributed by atoms with Crippen molar-refractivity contribution in [2.24, 2.45) is 0 Å². The fourth-order valence-electron chi connectivity index (χ4n) is 2.74. The number of nitrogens with one attached hydrogen (secondary N) is 1. The average Bonchev–Trinajstić information content (AvgIpc) is 2.59. The molecule has 0 unspecified atom stereocenters. The summed E-state index contributed by atoms with van der Waals surface area (Å²) in [6, 6.07) is 5.36. The number of ether oxygens (including phenoxy) is 1. The molecule has 6 nitrogen and oxygen atoms in total. The molecule has 134 valence electrons. The highest BCUT2D eigenvalue weighted by Crippen LogP contribution is 2.26. The fraction of sp³-hybridized carbons (Fsp3) is 0.562. The van der Waals surface area contributed by atoms with Gasteiger partial charge in [-0.05, 0) is 43.5 Å². The van der Waals surface area contributed by atoms with Crippen LogP contribution in [0.1, 0.15) is 25.7 Å². The minimum Gasteiger partial charge on any atom is -0.385 e. The minimum atomic E-state index is -3.72. The normalized spacial score (nSPS) is 19.2. The number of carbonyl (C=O) groups excluding carboxylic acids is 1. The van der Waals surface area contributed by atoms with Gasteiger partial charge in [0, 0.05) is 31.8 Å². The van der Waals surface area contributed by atoms with Gasteiger partial charge in [-0.15, -0.1) is 0 Å². The molecule has 1 N–H and O–H groups in total. The van der Waals surface area contributed by atoms with Gasteiger partial charge in [0.05, 0.1) is 4.90 Å². The average molecular weight is 375 g/mol. The smallest absolute Gasteiger partial charge is 0.243 e. The molecule has 1 heterocycles. The van der Waals surface area contributed by atoms with Crippen molar-refractivity contribution in [2.45, 2.75) is 36.6 Å². The molecule has 0 radical (unpaired) electrons. The molecule has 0 aromatic heterocycles. The van der Waals surface area contributed by atoms with Crippen LogP contribution in [0.2, 0.25) is 5.02 Å². The molecule has 1 aromatic rings. The molecule has 0 spiro atoms. The van der Waals surface area contributed by atoms with Crippen LogP contribution < -0.4 is 5.32 Å². The van der Waals surface area contributed by atoms with E-state index in [1.165, 1.54) is 28.6 Å². The van der Waals surface area contributed by atoms with E-state index in [9.17, 15) is 13.2 Å². The Kier molecular flexibility index (Phi) is 7.03. The van der Waals surface area contributed by atoms with Gasteiger partial charge in [-0.3, -0.25) is 4.79 Å². The van der Waals surface area contributed by atoms with Gasteiger partial charge in [0.15, 0.2) is 0 Å². The first-order valence-corrected chi connectivity index (χ1v) is 9.82. The molecular formula is C16H23ClN2O4S. The van der Waals surface area contributed by atoms with Crippen LogP contribution in [0.5, 0.6) is 0 Å². The van der Waals surface area contributed by atoms with Crippen LogP contribution in [0.3, 0.4) is 0 Å². The van der Waals surface area contributed by atoms with Gasteiger partial charge in [0.2, 0.25) is 15.9 Å². The lowest BCUT2D eigenvalue weighted by atomic mass is 10.0. The third kappa shape index (κ3) is 4.69. The summed E-state index contributed by atoms with van der Waals surface area (Å²) in [5, 5.41) is 3.28. The lowest BCUT2D eigenvalue weighted by Gasteiger charge is -2.33. The summed E-state index contributed by atoms with van der Waals surface area (Å²) in [6.45, 7) is 1.37. The summed E-state index contributed by atoms with van der Waals surface area (Å²) in [5.74, 6) is -0.247. The SMILES string of the molecule is COCCCNC(=O)[C@H]1CCCCN1S(=O)(=O)c1ccc(Cl)cc1. The lowest BCUT2D eigenvalue weighted by Crippen LogP contribution is -2.51. The largest absolute Gasteiger partial charge is 0.385 e. The van der Waals surface area contributed by atoms with Crippen molar-refractivity contribution in [3.63, 3.8) is 0 Å². The van der Waals surface area contributed by atoms with E-state index in [2.05, 4.69) is 5.32 Å². The van der Waals surface area contributed by atoms with Crippen molar-refractivity contribution in [1.82, 2.24) is 9.62 Å². The highest BCUT2D eigenvalue weighted by atomic mass is 35.5. The summed E-state index contributed by atoms with van der Waals surface area (Å²) in [5.41, 5.74) is 0. The molecule has 0 bridgehead atoms. The zero-order valence-electron chi connectivity index (χ0n) is 13.7. The molecule has 24 heavy (non-hydrogen) atoms. The Balaban J connectivity index is 2.13. The summed E-state index contributed by atoms with van der Waals surface area (Å²) in [4.78, 5) is 12.6. The van der Waals surface area contributed by atoms with Gasteiger partial charge in [-0.2, -0.15) is 4.31 Å². The second kappa shape index (κ2) is 8.80. The van der Waals surface area contributed by atoms with Crippen molar-refractivity contribution in [2.75, 3.05) is 26.8 Å².